The van der Waals surface area contributed by atoms with E-state index in [2.05, 4.69) is 37.0 Å². The Kier molecular flexibility index (Phi) is 4.61. The predicted octanol–water partition coefficient (Wildman–Crippen LogP) is 1.70. The van der Waals surface area contributed by atoms with E-state index in [-0.39, 0.29) is 17.9 Å². The molecule has 0 aliphatic carbocycles. The van der Waals surface area contributed by atoms with Crippen LogP contribution in [0.4, 0.5) is 0 Å². The Balaban J connectivity index is 1.34. The van der Waals surface area contributed by atoms with Crippen LogP contribution < -0.4 is 10.6 Å². The molecular weight excluding hydrogens is 374 g/mol. The minimum atomic E-state index is 0.0473. The number of aromatic amines is 1. The number of rotatable bonds is 4. The van der Waals surface area contributed by atoms with E-state index in [9.17, 15) is 4.79 Å². The molecule has 5 heterocycles. The number of hydrogen-bond donors (Lipinski definition) is 3. The summed E-state index contributed by atoms with van der Waals surface area (Å²) in [4.78, 5) is 18.0. The molecule has 2 aliphatic heterocycles. The quantitative estimate of drug-likeness (QED) is 0.622. The highest BCUT2D eigenvalue weighted by Gasteiger charge is 2.27. The molecule has 3 N–H and O–H groups in total. The number of carbonyl (C=O) groups is 1. The van der Waals surface area contributed by atoms with Crippen molar-refractivity contribution < 1.29 is 4.79 Å². The monoisotopic (exact) mass is 395 g/mol. The highest BCUT2D eigenvalue weighted by Crippen LogP contribution is 2.37. The Labute approximate surface area is 166 Å². The predicted molar refractivity (Wildman–Crippen MR) is 108 cm³/mol. The zero-order chi connectivity index (χ0) is 18.9. The largest absolute Gasteiger partial charge is 0.349 e. The topological polar surface area (TPSA) is 100 Å². The summed E-state index contributed by atoms with van der Waals surface area (Å²) in [5, 5.41) is 17.8. The van der Waals surface area contributed by atoms with E-state index in [1.165, 1.54) is 0 Å². The van der Waals surface area contributed by atoms with Crippen molar-refractivity contribution in [1.82, 2.24) is 35.4 Å². The first-order valence-corrected chi connectivity index (χ1v) is 10.4. The van der Waals surface area contributed by atoms with Crippen molar-refractivity contribution in [1.29, 1.82) is 0 Å². The van der Waals surface area contributed by atoms with Gasteiger partial charge < -0.3 is 10.6 Å². The summed E-state index contributed by atoms with van der Waals surface area (Å²) < 4.78 is 1.79. The number of hydrogen-bond acceptors (Lipinski definition) is 6. The number of thioether (sulfide) groups is 1. The van der Waals surface area contributed by atoms with Gasteiger partial charge in [-0.2, -0.15) is 10.2 Å². The minimum absolute atomic E-state index is 0.0473. The number of aromatic nitrogens is 5. The number of nitrogens with zero attached hydrogens (tertiary/aromatic N) is 4. The van der Waals surface area contributed by atoms with Gasteiger partial charge in [-0.05, 0) is 25.9 Å². The van der Waals surface area contributed by atoms with Crippen LogP contribution in [0.25, 0.3) is 16.8 Å². The van der Waals surface area contributed by atoms with E-state index < -0.39 is 0 Å². The summed E-state index contributed by atoms with van der Waals surface area (Å²) in [6.45, 7) is 1.93. The second-order valence-electron chi connectivity index (χ2n) is 7.14. The average molecular weight is 395 g/mol. The Morgan fingerprint density at radius 3 is 2.93 bits per heavy atom. The number of piperidine rings is 1. The lowest BCUT2D eigenvalue weighted by molar-refractivity contribution is -0.117. The first-order chi connectivity index (χ1) is 13.8. The third-order valence-corrected chi connectivity index (χ3v) is 6.44. The van der Waals surface area contributed by atoms with E-state index in [4.69, 9.17) is 0 Å². The second-order valence-corrected chi connectivity index (χ2v) is 8.21. The van der Waals surface area contributed by atoms with Gasteiger partial charge in [0.1, 0.15) is 0 Å². The fraction of sp³-hybridized carbons (Fsp3) is 0.368. The lowest BCUT2D eigenvalue weighted by Crippen LogP contribution is -2.42. The van der Waals surface area contributed by atoms with Gasteiger partial charge in [0, 0.05) is 53.0 Å². The standard InChI is InChI=1S/C19H21N7OS/c27-19(25-15-1-3-20-4-2-15)17-5-12(11-28-17)16-9-24-26-10-14(6-21-18(16)26)13-7-22-23-8-13/h5-10,12,15,20H,1-4,11H2,(H,22,23)(H,25,27). The SMILES string of the molecule is O=C(NC1CCNCC1)C1=CC(c2cnn3cc(-c4cn[nH]c4)cnc23)CS1. The molecule has 3 aromatic heterocycles. The van der Waals surface area contributed by atoms with Crippen LogP contribution in [0.3, 0.4) is 0 Å². The molecule has 9 heteroatoms. The molecule has 0 radical (unpaired) electrons. The molecule has 28 heavy (non-hydrogen) atoms. The second kappa shape index (κ2) is 7.40. The van der Waals surface area contributed by atoms with Gasteiger partial charge >= 0.3 is 0 Å². The number of H-pyrrole nitrogens is 1. The fourth-order valence-corrected chi connectivity index (χ4v) is 4.80. The number of amides is 1. The van der Waals surface area contributed by atoms with Crippen LogP contribution >= 0.6 is 11.8 Å². The van der Waals surface area contributed by atoms with E-state index in [0.29, 0.717) is 0 Å². The van der Waals surface area contributed by atoms with E-state index >= 15 is 0 Å². The van der Waals surface area contributed by atoms with Crippen molar-refractivity contribution >= 4 is 23.3 Å². The lowest BCUT2D eigenvalue weighted by Gasteiger charge is -2.23. The maximum atomic E-state index is 12.6. The molecule has 1 saturated heterocycles. The van der Waals surface area contributed by atoms with Crippen LogP contribution in [-0.2, 0) is 4.79 Å². The Morgan fingerprint density at radius 2 is 2.11 bits per heavy atom. The summed E-state index contributed by atoms with van der Waals surface area (Å²) >= 11 is 1.61. The zero-order valence-electron chi connectivity index (χ0n) is 15.3. The summed E-state index contributed by atoms with van der Waals surface area (Å²) in [6.07, 6.45) is 13.3. The van der Waals surface area contributed by atoms with E-state index in [0.717, 1.165) is 58.9 Å². The van der Waals surface area contributed by atoms with E-state index in [1.807, 2.05) is 24.8 Å². The molecule has 1 fully saturated rings. The summed E-state index contributed by atoms with van der Waals surface area (Å²) in [6, 6.07) is 0.272. The van der Waals surface area contributed by atoms with Crippen molar-refractivity contribution in [2.45, 2.75) is 24.8 Å². The molecule has 2 aliphatic rings. The van der Waals surface area contributed by atoms with Crippen molar-refractivity contribution in [3.8, 4) is 11.1 Å². The van der Waals surface area contributed by atoms with Crippen LogP contribution in [0, 0.1) is 0 Å². The Hall–Kier alpha value is -2.65. The molecule has 1 unspecified atom stereocenters. The number of carbonyl (C=O) groups excluding carboxylic acids is 1. The number of allylic oxidation sites excluding steroid dienone is 1. The molecular formula is C19H21N7OS. The van der Waals surface area contributed by atoms with Crippen molar-refractivity contribution in [3.63, 3.8) is 0 Å². The van der Waals surface area contributed by atoms with Crippen LogP contribution in [0.15, 0.2) is 42.0 Å². The maximum absolute atomic E-state index is 12.6. The third-order valence-electron chi connectivity index (χ3n) is 5.28. The number of fused-ring (bicyclic) bond motifs is 1. The first kappa shape index (κ1) is 17.4. The molecule has 5 rings (SSSR count). The molecule has 0 aromatic carbocycles. The molecule has 0 spiro atoms. The Morgan fingerprint density at radius 1 is 1.21 bits per heavy atom. The third kappa shape index (κ3) is 3.31. The van der Waals surface area contributed by atoms with E-state index in [1.54, 1.807) is 22.5 Å². The molecule has 1 amide bonds. The molecule has 1 atom stereocenters. The van der Waals surface area contributed by atoms with Crippen LogP contribution in [0.2, 0.25) is 0 Å². The van der Waals surface area contributed by atoms with Crippen LogP contribution in [0.5, 0.6) is 0 Å². The molecule has 3 aromatic rings. The normalized spacial score (nSPS) is 20.4. The highest BCUT2D eigenvalue weighted by molar-refractivity contribution is 8.04. The lowest BCUT2D eigenvalue weighted by atomic mass is 10.0. The maximum Gasteiger partial charge on any atom is 0.257 e. The van der Waals surface area contributed by atoms with Crippen LogP contribution in [0.1, 0.15) is 24.3 Å². The fourth-order valence-electron chi connectivity index (χ4n) is 3.71. The summed E-state index contributed by atoms with van der Waals surface area (Å²) in [5.74, 6) is 1.02. The smallest absolute Gasteiger partial charge is 0.257 e. The van der Waals surface area contributed by atoms with Gasteiger partial charge in [0.2, 0.25) is 0 Å². The van der Waals surface area contributed by atoms with Crippen molar-refractivity contribution in [2.75, 3.05) is 18.8 Å². The van der Waals surface area contributed by atoms with Gasteiger partial charge in [-0.25, -0.2) is 9.50 Å². The molecule has 144 valence electrons. The van der Waals surface area contributed by atoms with Crippen LogP contribution in [-0.4, -0.2) is 55.6 Å². The van der Waals surface area contributed by atoms with Crippen molar-refractivity contribution in [3.05, 3.63) is 47.5 Å². The van der Waals surface area contributed by atoms with Gasteiger partial charge in [-0.1, -0.05) is 6.08 Å². The molecule has 0 bridgehead atoms. The van der Waals surface area contributed by atoms with Gasteiger partial charge in [-0.15, -0.1) is 11.8 Å². The van der Waals surface area contributed by atoms with Gasteiger partial charge in [-0.3, -0.25) is 9.89 Å². The number of nitrogens with one attached hydrogen (secondary N) is 3. The first-order valence-electron chi connectivity index (χ1n) is 9.46. The Bertz CT molecular complexity index is 1020. The van der Waals surface area contributed by atoms with Gasteiger partial charge in [0.15, 0.2) is 5.65 Å². The van der Waals surface area contributed by atoms with Gasteiger partial charge in [0.25, 0.3) is 5.91 Å². The molecule has 8 nitrogen and oxygen atoms in total. The van der Waals surface area contributed by atoms with Crippen molar-refractivity contribution in [2.24, 2.45) is 0 Å². The summed E-state index contributed by atoms with van der Waals surface area (Å²) in [7, 11) is 0. The molecule has 0 saturated carbocycles. The van der Waals surface area contributed by atoms with Gasteiger partial charge in [0.05, 0.1) is 17.3 Å². The summed E-state index contributed by atoms with van der Waals surface area (Å²) in [5.41, 5.74) is 3.80. The highest BCUT2D eigenvalue weighted by atomic mass is 32.2. The zero-order valence-corrected chi connectivity index (χ0v) is 16.1. The minimum Gasteiger partial charge on any atom is -0.349 e. The average Bonchev–Trinajstić information content (AvgIpc) is 3.47.